The zero-order valence-corrected chi connectivity index (χ0v) is 12.5. The average Bonchev–Trinajstić information content (AvgIpc) is 2.44. The lowest BCUT2D eigenvalue weighted by Crippen LogP contribution is -2.32. The van der Waals surface area contributed by atoms with Crippen molar-refractivity contribution in [3.05, 3.63) is 23.8 Å². The molecule has 1 aromatic carbocycles. The quantitative estimate of drug-likeness (QED) is 0.834. The SMILES string of the molecule is CCOC1CC(CC(O)c2cc(OC)cc(OC)c2)C1. The van der Waals surface area contributed by atoms with Gasteiger partial charge in [0.15, 0.2) is 0 Å². The highest BCUT2D eigenvalue weighted by Gasteiger charge is 2.31. The third-order valence-electron chi connectivity index (χ3n) is 3.91. The lowest BCUT2D eigenvalue weighted by molar-refractivity contribution is -0.0380. The van der Waals surface area contributed by atoms with Gasteiger partial charge in [0.2, 0.25) is 0 Å². The molecule has 0 spiro atoms. The van der Waals surface area contributed by atoms with Gasteiger partial charge < -0.3 is 19.3 Å². The van der Waals surface area contributed by atoms with Gasteiger partial charge in [-0.1, -0.05) is 0 Å². The van der Waals surface area contributed by atoms with E-state index < -0.39 is 6.10 Å². The lowest BCUT2D eigenvalue weighted by Gasteiger charge is -2.36. The molecule has 0 saturated heterocycles. The molecule has 1 N–H and O–H groups in total. The first-order chi connectivity index (χ1) is 9.66. The van der Waals surface area contributed by atoms with Crippen LogP contribution in [-0.4, -0.2) is 32.0 Å². The van der Waals surface area contributed by atoms with Crippen LogP contribution >= 0.6 is 0 Å². The fraction of sp³-hybridized carbons (Fsp3) is 0.625. The zero-order valence-electron chi connectivity index (χ0n) is 12.5. The average molecular weight is 280 g/mol. The molecule has 1 unspecified atom stereocenters. The topological polar surface area (TPSA) is 47.9 Å². The molecule has 0 bridgehead atoms. The Balaban J connectivity index is 1.94. The fourth-order valence-corrected chi connectivity index (χ4v) is 2.71. The van der Waals surface area contributed by atoms with Gasteiger partial charge in [-0.05, 0) is 49.8 Å². The maximum Gasteiger partial charge on any atom is 0.122 e. The van der Waals surface area contributed by atoms with Crippen LogP contribution in [0.4, 0.5) is 0 Å². The summed E-state index contributed by atoms with van der Waals surface area (Å²) < 4.78 is 16.0. The molecule has 0 radical (unpaired) electrons. The largest absolute Gasteiger partial charge is 0.497 e. The zero-order chi connectivity index (χ0) is 14.5. The van der Waals surface area contributed by atoms with Crippen LogP contribution in [0.2, 0.25) is 0 Å². The van der Waals surface area contributed by atoms with Crippen LogP contribution in [0.5, 0.6) is 11.5 Å². The van der Waals surface area contributed by atoms with Crippen molar-refractivity contribution in [2.75, 3.05) is 20.8 Å². The second kappa shape index (κ2) is 6.95. The Morgan fingerprint density at radius 1 is 1.15 bits per heavy atom. The minimum absolute atomic E-state index is 0.386. The van der Waals surface area contributed by atoms with Crippen molar-refractivity contribution < 1.29 is 19.3 Å². The molecule has 112 valence electrons. The van der Waals surface area contributed by atoms with E-state index in [1.54, 1.807) is 14.2 Å². The summed E-state index contributed by atoms with van der Waals surface area (Å²) in [6.07, 6.45) is 2.77. The molecular formula is C16H24O4. The molecule has 1 saturated carbocycles. The molecule has 4 nitrogen and oxygen atoms in total. The molecule has 1 atom stereocenters. The summed E-state index contributed by atoms with van der Waals surface area (Å²) in [5, 5.41) is 10.4. The third-order valence-corrected chi connectivity index (χ3v) is 3.91. The summed E-state index contributed by atoms with van der Waals surface area (Å²) in [4.78, 5) is 0. The smallest absolute Gasteiger partial charge is 0.122 e. The van der Waals surface area contributed by atoms with E-state index in [1.807, 2.05) is 25.1 Å². The Hall–Kier alpha value is -1.26. The molecule has 0 aliphatic heterocycles. The molecule has 0 heterocycles. The van der Waals surface area contributed by atoms with E-state index in [0.717, 1.165) is 31.4 Å². The molecule has 4 heteroatoms. The van der Waals surface area contributed by atoms with Gasteiger partial charge in [-0.15, -0.1) is 0 Å². The van der Waals surface area contributed by atoms with Gasteiger partial charge in [-0.3, -0.25) is 0 Å². The van der Waals surface area contributed by atoms with Crippen molar-refractivity contribution >= 4 is 0 Å². The predicted octanol–water partition coefficient (Wildman–Crippen LogP) is 2.94. The number of rotatable bonds is 7. The van der Waals surface area contributed by atoms with Gasteiger partial charge >= 0.3 is 0 Å². The molecule has 20 heavy (non-hydrogen) atoms. The van der Waals surface area contributed by atoms with Crippen LogP contribution in [0.3, 0.4) is 0 Å². The Morgan fingerprint density at radius 3 is 2.25 bits per heavy atom. The molecule has 1 aliphatic carbocycles. The summed E-state index contributed by atoms with van der Waals surface area (Å²) in [5.74, 6) is 1.96. The minimum atomic E-state index is -0.480. The van der Waals surface area contributed by atoms with E-state index in [1.165, 1.54) is 0 Å². The first kappa shape index (κ1) is 15.1. The molecule has 1 aromatic rings. The second-order valence-electron chi connectivity index (χ2n) is 5.31. The highest BCUT2D eigenvalue weighted by Crippen LogP contribution is 2.38. The molecule has 1 aliphatic rings. The number of aliphatic hydroxyl groups is 1. The standard InChI is InChI=1S/C16H24O4/c1-4-20-15-5-11(6-15)7-16(17)12-8-13(18-2)10-14(9-12)19-3/h8-11,15-17H,4-7H2,1-3H3. The summed E-state index contributed by atoms with van der Waals surface area (Å²) in [6, 6.07) is 5.54. The van der Waals surface area contributed by atoms with Gasteiger partial charge in [0.25, 0.3) is 0 Å². The number of methoxy groups -OCH3 is 2. The van der Waals surface area contributed by atoms with Crippen LogP contribution in [0.25, 0.3) is 0 Å². The van der Waals surface area contributed by atoms with Gasteiger partial charge in [-0.25, -0.2) is 0 Å². The van der Waals surface area contributed by atoms with Crippen LogP contribution in [0, 0.1) is 5.92 Å². The molecular weight excluding hydrogens is 256 g/mol. The minimum Gasteiger partial charge on any atom is -0.497 e. The van der Waals surface area contributed by atoms with Crippen molar-refractivity contribution in [1.29, 1.82) is 0 Å². The van der Waals surface area contributed by atoms with Crippen LogP contribution in [0.15, 0.2) is 18.2 Å². The van der Waals surface area contributed by atoms with Crippen molar-refractivity contribution in [2.45, 2.75) is 38.4 Å². The van der Waals surface area contributed by atoms with Crippen LogP contribution in [-0.2, 0) is 4.74 Å². The Labute approximate surface area is 120 Å². The number of aliphatic hydroxyl groups excluding tert-OH is 1. The summed E-state index contributed by atoms with van der Waals surface area (Å²) in [6.45, 7) is 2.79. The highest BCUT2D eigenvalue weighted by atomic mass is 16.5. The Kier molecular flexibility index (Phi) is 5.26. The normalized spacial score (nSPS) is 23.0. The summed E-state index contributed by atoms with van der Waals surface area (Å²) in [7, 11) is 3.23. The van der Waals surface area contributed by atoms with E-state index in [4.69, 9.17) is 14.2 Å². The molecule has 2 rings (SSSR count). The Bertz CT molecular complexity index is 404. The maximum absolute atomic E-state index is 10.4. The van der Waals surface area contributed by atoms with E-state index in [-0.39, 0.29) is 0 Å². The van der Waals surface area contributed by atoms with E-state index in [0.29, 0.717) is 23.5 Å². The first-order valence-electron chi connectivity index (χ1n) is 7.18. The maximum atomic E-state index is 10.4. The van der Waals surface area contributed by atoms with Crippen molar-refractivity contribution in [3.8, 4) is 11.5 Å². The third kappa shape index (κ3) is 3.64. The number of hydrogen-bond acceptors (Lipinski definition) is 4. The molecule has 1 fully saturated rings. The number of hydrogen-bond donors (Lipinski definition) is 1. The second-order valence-corrected chi connectivity index (χ2v) is 5.31. The van der Waals surface area contributed by atoms with Gasteiger partial charge in [-0.2, -0.15) is 0 Å². The van der Waals surface area contributed by atoms with E-state index in [9.17, 15) is 5.11 Å². The van der Waals surface area contributed by atoms with E-state index in [2.05, 4.69) is 0 Å². The van der Waals surface area contributed by atoms with E-state index >= 15 is 0 Å². The van der Waals surface area contributed by atoms with Crippen molar-refractivity contribution in [3.63, 3.8) is 0 Å². The van der Waals surface area contributed by atoms with Crippen molar-refractivity contribution in [1.82, 2.24) is 0 Å². The summed E-state index contributed by atoms with van der Waals surface area (Å²) in [5.41, 5.74) is 0.848. The highest BCUT2D eigenvalue weighted by molar-refractivity contribution is 5.39. The number of benzene rings is 1. The first-order valence-corrected chi connectivity index (χ1v) is 7.18. The number of ether oxygens (including phenoxy) is 3. The lowest BCUT2D eigenvalue weighted by atomic mass is 9.78. The summed E-state index contributed by atoms with van der Waals surface area (Å²) >= 11 is 0. The van der Waals surface area contributed by atoms with Gasteiger partial charge in [0.05, 0.1) is 26.4 Å². The predicted molar refractivity (Wildman–Crippen MR) is 77.3 cm³/mol. The van der Waals surface area contributed by atoms with Gasteiger partial charge in [0, 0.05) is 12.7 Å². The fourth-order valence-electron chi connectivity index (χ4n) is 2.71. The van der Waals surface area contributed by atoms with Gasteiger partial charge in [0.1, 0.15) is 11.5 Å². The van der Waals surface area contributed by atoms with Crippen LogP contribution < -0.4 is 9.47 Å². The van der Waals surface area contributed by atoms with Crippen LogP contribution in [0.1, 0.15) is 37.9 Å². The monoisotopic (exact) mass is 280 g/mol. The molecule has 0 amide bonds. The Morgan fingerprint density at radius 2 is 1.75 bits per heavy atom. The molecule has 0 aromatic heterocycles. The van der Waals surface area contributed by atoms with Crippen molar-refractivity contribution in [2.24, 2.45) is 5.92 Å².